The summed E-state index contributed by atoms with van der Waals surface area (Å²) in [5, 5.41) is 0.883. The van der Waals surface area contributed by atoms with E-state index < -0.39 is 0 Å². The number of carbonyl (C=O) groups is 2. The molecule has 8 aliphatic carbocycles. The Morgan fingerprint density at radius 3 is 1.79 bits per heavy atom. The number of carbonyl (C=O) groups excluding carboxylic acids is 2. The minimum absolute atomic E-state index is 0.0462. The molecule has 0 amide bonds. The first-order valence-corrected chi connectivity index (χ1v) is 24.9. The number of hydrogen-bond donors (Lipinski definition) is 1. The smallest absolute Gasteiger partial charge is 0.147 e. The van der Waals surface area contributed by atoms with Gasteiger partial charge in [0, 0.05) is 32.7 Å². The van der Waals surface area contributed by atoms with Crippen LogP contribution in [0.5, 0.6) is 0 Å². The van der Waals surface area contributed by atoms with E-state index >= 15 is 0 Å². The van der Waals surface area contributed by atoms with Crippen LogP contribution in [0.1, 0.15) is 131 Å². The van der Waals surface area contributed by atoms with E-state index in [4.69, 9.17) is 11.6 Å². The Balaban J connectivity index is 0.000000128. The van der Waals surface area contributed by atoms with E-state index in [0.717, 1.165) is 93.8 Å². The summed E-state index contributed by atoms with van der Waals surface area (Å²) in [6.45, 7) is 14.7. The van der Waals surface area contributed by atoms with Gasteiger partial charge in [0.2, 0.25) is 0 Å². The number of hydrogen-bond acceptors (Lipinski definition) is 4. The van der Waals surface area contributed by atoms with Gasteiger partial charge in [0.1, 0.15) is 18.9 Å². The van der Waals surface area contributed by atoms with Gasteiger partial charge in [-0.15, -0.1) is 0 Å². The van der Waals surface area contributed by atoms with Crippen molar-refractivity contribution in [2.45, 2.75) is 131 Å². The lowest BCUT2D eigenvalue weighted by atomic mass is 9.47. The molecule has 4 saturated carbocycles. The summed E-state index contributed by atoms with van der Waals surface area (Å²) in [5.41, 5.74) is 11.8. The predicted molar refractivity (Wildman–Crippen MR) is 257 cm³/mol. The van der Waals surface area contributed by atoms with Gasteiger partial charge in [-0.1, -0.05) is 101 Å². The molecule has 2 aromatic carbocycles. The van der Waals surface area contributed by atoms with Crippen LogP contribution < -0.4 is 0 Å². The lowest BCUT2D eigenvalue weighted by Crippen LogP contribution is -2.49. The average Bonchev–Trinajstić information content (AvgIpc) is 4.07. The van der Waals surface area contributed by atoms with Crippen molar-refractivity contribution in [1.82, 2.24) is 19.5 Å². The number of rotatable bonds is 3. The number of para-hydroxylation sites is 4. The molecule has 4 fully saturated rings. The van der Waals surface area contributed by atoms with E-state index in [0.29, 0.717) is 34.5 Å². The third-order valence-corrected chi connectivity index (χ3v) is 20.0. The first-order valence-electron chi connectivity index (χ1n) is 24.5. The standard InChI is InChI=1S/C28H34N2O.C21H29ClO.C7H6N2/c1-18-10-12-27(2)20(14-18)8-9-21-22(27)11-13-28(3)23(21)15-19(16-31)26(28)30-17-29-24-6-4-5-7-25(24)30;1-13-6-8-20(2)15(10-13)4-5-16-17(20)7-9-21(3)18(16)11-14(12-23)19(21)22;1-2-4-7-6(3-1)8-5-9-7/h4-8,16-18,21-23H,9-15H2,1-3H3;4,12-13,16-18H,5-11H2,1-3H3;1-5H,(H,8,9)/t18-,21?,22?,23?,27-,28-;13-,16?,17?,18?,20-,21-;/m00./s1. The van der Waals surface area contributed by atoms with Gasteiger partial charge in [-0.2, -0.15) is 0 Å². The molecule has 12 rings (SSSR count). The number of aldehydes is 2. The highest BCUT2D eigenvalue weighted by Crippen LogP contribution is 2.68. The molecule has 332 valence electrons. The van der Waals surface area contributed by atoms with Crippen LogP contribution in [0, 0.1) is 69.0 Å². The topological polar surface area (TPSA) is 80.6 Å². The molecule has 0 saturated heterocycles. The van der Waals surface area contributed by atoms with Crippen molar-refractivity contribution in [3.8, 4) is 0 Å². The molecule has 0 aliphatic heterocycles. The van der Waals surface area contributed by atoms with Gasteiger partial charge in [-0.05, 0) is 172 Å². The van der Waals surface area contributed by atoms with Crippen LogP contribution in [-0.4, -0.2) is 32.1 Å². The normalized spacial score (nSPS) is 38.9. The maximum Gasteiger partial charge on any atom is 0.147 e. The highest BCUT2D eigenvalue weighted by Gasteiger charge is 2.60. The Kier molecular flexibility index (Phi) is 11.0. The lowest BCUT2D eigenvalue weighted by Gasteiger charge is -2.57. The van der Waals surface area contributed by atoms with Crippen molar-refractivity contribution >= 4 is 51.9 Å². The van der Waals surface area contributed by atoms with Crippen LogP contribution in [0.4, 0.5) is 0 Å². The third kappa shape index (κ3) is 6.84. The molecule has 6 unspecified atom stereocenters. The van der Waals surface area contributed by atoms with Crippen molar-refractivity contribution in [3.05, 3.63) is 101 Å². The zero-order valence-electron chi connectivity index (χ0n) is 38.6. The number of fused-ring (bicyclic) bond motifs is 12. The monoisotopic (exact) mass is 865 g/mol. The molecule has 8 aliphatic rings. The number of halogens is 1. The van der Waals surface area contributed by atoms with Gasteiger partial charge in [-0.3, -0.25) is 9.59 Å². The molecule has 1 N–H and O–H groups in total. The van der Waals surface area contributed by atoms with Crippen LogP contribution in [0.3, 0.4) is 0 Å². The van der Waals surface area contributed by atoms with Gasteiger partial charge in [-0.25, -0.2) is 9.97 Å². The first-order chi connectivity index (χ1) is 30.3. The third-order valence-electron chi connectivity index (χ3n) is 19.3. The Morgan fingerprint density at radius 1 is 0.635 bits per heavy atom. The average molecular weight is 866 g/mol. The number of nitrogens with one attached hydrogen (secondary N) is 1. The Labute approximate surface area is 380 Å². The molecule has 4 aromatic rings. The summed E-state index contributed by atoms with van der Waals surface area (Å²) in [6.07, 6.45) is 28.2. The second-order valence-corrected chi connectivity index (χ2v) is 22.9. The summed E-state index contributed by atoms with van der Waals surface area (Å²) >= 11 is 6.65. The van der Waals surface area contributed by atoms with Gasteiger partial charge in [0.05, 0.1) is 28.4 Å². The van der Waals surface area contributed by atoms with E-state index in [-0.39, 0.29) is 10.8 Å². The Bertz CT molecular complexity index is 2530. The summed E-state index contributed by atoms with van der Waals surface area (Å²) < 4.78 is 2.24. The Hall–Kier alpha value is -4.03. The lowest BCUT2D eigenvalue weighted by molar-refractivity contribution is -0.105. The molecule has 0 radical (unpaired) electrons. The summed E-state index contributed by atoms with van der Waals surface area (Å²) in [6, 6.07) is 16.3. The maximum atomic E-state index is 12.3. The molecular weight excluding hydrogens is 796 g/mol. The highest BCUT2D eigenvalue weighted by molar-refractivity contribution is 6.32. The van der Waals surface area contributed by atoms with Crippen LogP contribution >= 0.6 is 11.6 Å². The predicted octanol–water partition coefficient (Wildman–Crippen LogP) is 14.1. The second-order valence-electron chi connectivity index (χ2n) is 22.5. The number of nitrogens with zero attached hydrogens (tertiary/aromatic N) is 3. The summed E-state index contributed by atoms with van der Waals surface area (Å²) in [7, 11) is 0. The second kappa shape index (κ2) is 16.1. The molecule has 0 bridgehead atoms. The van der Waals surface area contributed by atoms with E-state index in [1.165, 1.54) is 76.3 Å². The van der Waals surface area contributed by atoms with Crippen LogP contribution in [0.25, 0.3) is 27.8 Å². The highest BCUT2D eigenvalue weighted by atomic mass is 35.5. The zero-order valence-corrected chi connectivity index (χ0v) is 39.4. The molecule has 12 atom stereocenters. The van der Waals surface area contributed by atoms with Crippen molar-refractivity contribution < 1.29 is 9.59 Å². The van der Waals surface area contributed by atoms with E-state index in [1.54, 1.807) is 17.5 Å². The summed E-state index contributed by atoms with van der Waals surface area (Å²) in [5.74, 6) is 5.77. The van der Waals surface area contributed by atoms with E-state index in [2.05, 4.69) is 91.4 Å². The zero-order chi connectivity index (χ0) is 43.9. The first kappa shape index (κ1) is 42.9. The fourth-order valence-electron chi connectivity index (χ4n) is 15.7. The van der Waals surface area contributed by atoms with Crippen LogP contribution in [0.2, 0.25) is 0 Å². The van der Waals surface area contributed by atoms with Crippen molar-refractivity contribution in [2.24, 2.45) is 69.0 Å². The van der Waals surface area contributed by atoms with Gasteiger partial charge >= 0.3 is 0 Å². The fourth-order valence-corrected chi connectivity index (χ4v) is 16.0. The minimum atomic E-state index is 0.0462. The maximum absolute atomic E-state index is 12.3. The SMILES string of the molecule is C[C@H]1CC[C@@]2(C)C(=CCC3C2CC[C@]2(C)C(Cl)=C(C=O)CC32)C1.C[C@H]1CC[C@@]2(C)C(=CCC3C2CC[C@]2(C)C(n4cnc5ccccc54)=C(C=O)CC32)C1.c1ccc2[nH]cnc2c1. The number of imidazole rings is 2. The molecule has 7 heteroatoms. The summed E-state index contributed by atoms with van der Waals surface area (Å²) in [4.78, 5) is 35.5. The molecule has 6 nitrogen and oxygen atoms in total. The number of H-pyrrole nitrogens is 1. The number of allylic oxidation sites excluding steroid dienone is 8. The van der Waals surface area contributed by atoms with Crippen molar-refractivity contribution in [1.29, 1.82) is 0 Å². The van der Waals surface area contributed by atoms with E-state index in [1.807, 2.05) is 36.7 Å². The van der Waals surface area contributed by atoms with Gasteiger partial charge in [0.15, 0.2) is 0 Å². The number of benzene rings is 2. The molecule has 2 aromatic heterocycles. The molecular formula is C56H69ClN4O2. The molecule has 63 heavy (non-hydrogen) atoms. The number of aromatic nitrogens is 4. The molecule has 2 heterocycles. The van der Waals surface area contributed by atoms with Gasteiger partial charge < -0.3 is 9.55 Å². The van der Waals surface area contributed by atoms with Crippen LogP contribution in [0.15, 0.2) is 101 Å². The van der Waals surface area contributed by atoms with Crippen molar-refractivity contribution in [3.63, 3.8) is 0 Å². The Morgan fingerprint density at radius 2 is 1.17 bits per heavy atom. The number of aromatic amines is 1. The quantitative estimate of drug-likeness (QED) is 0.164. The fraction of sp³-hybridized carbons (Fsp3) is 0.571. The van der Waals surface area contributed by atoms with E-state index in [9.17, 15) is 9.59 Å². The van der Waals surface area contributed by atoms with Crippen LogP contribution in [-0.2, 0) is 9.59 Å². The van der Waals surface area contributed by atoms with Crippen molar-refractivity contribution in [2.75, 3.05) is 0 Å². The largest absolute Gasteiger partial charge is 0.345 e. The molecule has 0 spiro atoms. The minimum Gasteiger partial charge on any atom is -0.345 e. The van der Waals surface area contributed by atoms with Gasteiger partial charge in [0.25, 0.3) is 0 Å².